The summed E-state index contributed by atoms with van der Waals surface area (Å²) in [5, 5.41) is 5.31. The SMILES string of the molecule is CCOc1ccccc1NC(=O)C(=O)Nc1ccccc1N1CCOCC1. The lowest BCUT2D eigenvalue weighted by Gasteiger charge is -2.30. The van der Waals surface area contributed by atoms with Crippen LogP contribution in [0.1, 0.15) is 6.92 Å². The van der Waals surface area contributed by atoms with Crippen molar-refractivity contribution in [2.24, 2.45) is 0 Å². The van der Waals surface area contributed by atoms with E-state index in [1.807, 2.05) is 25.1 Å². The second-order valence-corrected chi connectivity index (χ2v) is 5.95. The van der Waals surface area contributed by atoms with Crippen molar-refractivity contribution in [1.82, 2.24) is 0 Å². The molecular weight excluding hydrogens is 346 g/mol. The van der Waals surface area contributed by atoms with Crippen LogP contribution in [0.5, 0.6) is 5.75 Å². The predicted molar refractivity (Wildman–Crippen MR) is 104 cm³/mol. The molecule has 1 heterocycles. The standard InChI is InChI=1S/C20H23N3O4/c1-2-27-18-10-6-4-8-16(18)22-20(25)19(24)21-15-7-3-5-9-17(15)23-11-13-26-14-12-23/h3-10H,2,11-14H2,1H3,(H,21,24)(H,22,25). The van der Waals surface area contributed by atoms with E-state index >= 15 is 0 Å². The zero-order chi connectivity index (χ0) is 19.1. The summed E-state index contributed by atoms with van der Waals surface area (Å²) in [6.45, 7) is 5.06. The number of hydrogen-bond donors (Lipinski definition) is 2. The Hall–Kier alpha value is -3.06. The van der Waals surface area contributed by atoms with Gasteiger partial charge in [0.25, 0.3) is 0 Å². The van der Waals surface area contributed by atoms with Crippen LogP contribution in [0.15, 0.2) is 48.5 Å². The molecule has 0 aromatic heterocycles. The molecule has 0 bridgehead atoms. The molecule has 2 aromatic carbocycles. The smallest absolute Gasteiger partial charge is 0.314 e. The van der Waals surface area contributed by atoms with Gasteiger partial charge in [-0.05, 0) is 31.2 Å². The van der Waals surface area contributed by atoms with E-state index in [-0.39, 0.29) is 0 Å². The predicted octanol–water partition coefficient (Wildman–Crippen LogP) is 2.50. The minimum atomic E-state index is -0.751. The van der Waals surface area contributed by atoms with E-state index in [0.717, 1.165) is 18.8 Å². The molecule has 0 spiro atoms. The van der Waals surface area contributed by atoms with Gasteiger partial charge in [0.05, 0.1) is 36.9 Å². The number of ether oxygens (including phenoxy) is 2. The van der Waals surface area contributed by atoms with E-state index in [0.29, 0.717) is 36.9 Å². The van der Waals surface area contributed by atoms with Gasteiger partial charge in [0.2, 0.25) is 0 Å². The van der Waals surface area contributed by atoms with Crippen molar-refractivity contribution in [3.63, 3.8) is 0 Å². The lowest BCUT2D eigenvalue weighted by Crippen LogP contribution is -2.37. The first-order valence-electron chi connectivity index (χ1n) is 8.95. The molecule has 0 atom stereocenters. The summed E-state index contributed by atoms with van der Waals surface area (Å²) in [6, 6.07) is 14.4. The summed E-state index contributed by atoms with van der Waals surface area (Å²) in [4.78, 5) is 26.9. The Labute approximate surface area is 158 Å². The molecule has 0 aliphatic carbocycles. The van der Waals surface area contributed by atoms with Crippen LogP contribution in [0.4, 0.5) is 17.1 Å². The van der Waals surface area contributed by atoms with E-state index in [1.54, 1.807) is 30.3 Å². The minimum Gasteiger partial charge on any atom is -0.492 e. The maximum Gasteiger partial charge on any atom is 0.314 e. The van der Waals surface area contributed by atoms with Crippen LogP contribution in [0.25, 0.3) is 0 Å². The van der Waals surface area contributed by atoms with Crippen molar-refractivity contribution in [3.05, 3.63) is 48.5 Å². The molecule has 27 heavy (non-hydrogen) atoms. The van der Waals surface area contributed by atoms with Gasteiger partial charge in [-0.15, -0.1) is 0 Å². The van der Waals surface area contributed by atoms with Crippen molar-refractivity contribution in [3.8, 4) is 5.75 Å². The summed E-state index contributed by atoms with van der Waals surface area (Å²) in [5.74, 6) is -0.962. The Morgan fingerprint density at radius 2 is 1.56 bits per heavy atom. The van der Waals surface area contributed by atoms with Gasteiger partial charge in [0.1, 0.15) is 5.75 Å². The number of rotatable bonds is 5. The molecule has 0 saturated carbocycles. The number of nitrogens with one attached hydrogen (secondary N) is 2. The molecular formula is C20H23N3O4. The largest absolute Gasteiger partial charge is 0.492 e. The molecule has 1 saturated heterocycles. The molecule has 2 aromatic rings. The van der Waals surface area contributed by atoms with Crippen LogP contribution >= 0.6 is 0 Å². The maximum absolute atomic E-state index is 12.4. The fraction of sp³-hybridized carbons (Fsp3) is 0.300. The number of hydrogen-bond acceptors (Lipinski definition) is 5. The average molecular weight is 369 g/mol. The van der Waals surface area contributed by atoms with Crippen molar-refractivity contribution < 1.29 is 19.1 Å². The minimum absolute atomic E-state index is 0.459. The van der Waals surface area contributed by atoms with Gasteiger partial charge in [-0.2, -0.15) is 0 Å². The number of carbonyl (C=O) groups is 2. The second-order valence-electron chi connectivity index (χ2n) is 5.95. The van der Waals surface area contributed by atoms with E-state index in [2.05, 4.69) is 15.5 Å². The van der Waals surface area contributed by atoms with Crippen LogP contribution in [0.3, 0.4) is 0 Å². The highest BCUT2D eigenvalue weighted by Crippen LogP contribution is 2.27. The fourth-order valence-corrected chi connectivity index (χ4v) is 2.87. The number of carbonyl (C=O) groups excluding carboxylic acids is 2. The molecule has 1 aliphatic heterocycles. The average Bonchev–Trinajstić information content (AvgIpc) is 2.70. The lowest BCUT2D eigenvalue weighted by atomic mass is 10.2. The highest BCUT2D eigenvalue weighted by atomic mass is 16.5. The van der Waals surface area contributed by atoms with Gasteiger partial charge in [-0.25, -0.2) is 0 Å². The van der Waals surface area contributed by atoms with Gasteiger partial charge in [0, 0.05) is 13.1 Å². The molecule has 7 heteroatoms. The molecule has 3 rings (SSSR count). The van der Waals surface area contributed by atoms with Gasteiger partial charge in [-0.1, -0.05) is 24.3 Å². The normalized spacial score (nSPS) is 13.7. The van der Waals surface area contributed by atoms with E-state index in [1.165, 1.54) is 0 Å². The quantitative estimate of drug-likeness (QED) is 0.792. The number of benzene rings is 2. The molecule has 1 aliphatic rings. The van der Waals surface area contributed by atoms with Gasteiger partial charge in [-0.3, -0.25) is 9.59 Å². The summed E-state index contributed by atoms with van der Waals surface area (Å²) in [7, 11) is 0. The van der Waals surface area contributed by atoms with Gasteiger partial charge < -0.3 is 25.0 Å². The van der Waals surface area contributed by atoms with Crippen molar-refractivity contribution in [2.45, 2.75) is 6.92 Å². The molecule has 2 amide bonds. The maximum atomic E-state index is 12.4. The molecule has 2 N–H and O–H groups in total. The molecule has 1 fully saturated rings. The zero-order valence-corrected chi connectivity index (χ0v) is 15.2. The first-order valence-corrected chi connectivity index (χ1v) is 8.95. The van der Waals surface area contributed by atoms with Crippen molar-refractivity contribution >= 4 is 28.9 Å². The molecule has 0 unspecified atom stereocenters. The summed E-state index contributed by atoms with van der Waals surface area (Å²) >= 11 is 0. The Bertz CT molecular complexity index is 803. The Kier molecular flexibility index (Phi) is 6.27. The van der Waals surface area contributed by atoms with Crippen LogP contribution < -0.4 is 20.3 Å². The topological polar surface area (TPSA) is 79.9 Å². The van der Waals surface area contributed by atoms with Gasteiger partial charge in [0.15, 0.2) is 0 Å². The third-order valence-corrected chi connectivity index (χ3v) is 4.15. The highest BCUT2D eigenvalue weighted by Gasteiger charge is 2.20. The number of amides is 2. The lowest BCUT2D eigenvalue weighted by molar-refractivity contribution is -0.133. The Morgan fingerprint density at radius 1 is 0.963 bits per heavy atom. The van der Waals surface area contributed by atoms with Crippen LogP contribution in [0.2, 0.25) is 0 Å². The van der Waals surface area contributed by atoms with Crippen LogP contribution in [-0.2, 0) is 14.3 Å². The number of para-hydroxylation sites is 4. The van der Waals surface area contributed by atoms with Crippen molar-refractivity contribution in [1.29, 1.82) is 0 Å². The van der Waals surface area contributed by atoms with Gasteiger partial charge >= 0.3 is 11.8 Å². The first-order chi connectivity index (χ1) is 13.2. The monoisotopic (exact) mass is 369 g/mol. The van der Waals surface area contributed by atoms with Crippen molar-refractivity contribution in [2.75, 3.05) is 48.4 Å². The molecule has 0 radical (unpaired) electrons. The fourth-order valence-electron chi connectivity index (χ4n) is 2.87. The molecule has 7 nitrogen and oxygen atoms in total. The first kappa shape index (κ1) is 18.7. The van der Waals surface area contributed by atoms with E-state index in [9.17, 15) is 9.59 Å². The Balaban J connectivity index is 1.70. The summed E-state index contributed by atoms with van der Waals surface area (Å²) in [6.07, 6.45) is 0. The second kappa shape index (κ2) is 9.05. The molecule has 142 valence electrons. The van der Waals surface area contributed by atoms with E-state index in [4.69, 9.17) is 9.47 Å². The van der Waals surface area contributed by atoms with E-state index < -0.39 is 11.8 Å². The summed E-state index contributed by atoms with van der Waals surface area (Å²) < 4.78 is 10.8. The third-order valence-electron chi connectivity index (χ3n) is 4.15. The van der Waals surface area contributed by atoms with Crippen LogP contribution in [-0.4, -0.2) is 44.7 Å². The highest BCUT2D eigenvalue weighted by molar-refractivity contribution is 6.44. The zero-order valence-electron chi connectivity index (χ0n) is 15.2. The summed E-state index contributed by atoms with van der Waals surface area (Å²) in [5.41, 5.74) is 1.93. The number of morpholine rings is 1. The number of anilines is 3. The Morgan fingerprint density at radius 3 is 2.26 bits per heavy atom. The van der Waals surface area contributed by atoms with Crippen LogP contribution in [0, 0.1) is 0 Å². The number of nitrogens with zero attached hydrogens (tertiary/aromatic N) is 1. The third kappa shape index (κ3) is 4.77.